The van der Waals surface area contributed by atoms with Crippen LogP contribution < -0.4 is 10.6 Å². The highest BCUT2D eigenvalue weighted by atomic mass is 32.2. The van der Waals surface area contributed by atoms with Gasteiger partial charge in [-0.1, -0.05) is 42.1 Å². The van der Waals surface area contributed by atoms with Crippen molar-refractivity contribution in [2.75, 3.05) is 18.8 Å². The molecule has 2 aliphatic heterocycles. The van der Waals surface area contributed by atoms with Crippen LogP contribution in [0.1, 0.15) is 24.5 Å². The van der Waals surface area contributed by atoms with Gasteiger partial charge in [0.25, 0.3) is 11.8 Å². The number of aliphatic carboxylic acids is 2. The van der Waals surface area contributed by atoms with Crippen LogP contribution in [0.3, 0.4) is 0 Å². The van der Waals surface area contributed by atoms with Crippen molar-refractivity contribution in [2.45, 2.75) is 40.8 Å². The lowest BCUT2D eigenvalue weighted by Gasteiger charge is -2.50. The van der Waals surface area contributed by atoms with Crippen molar-refractivity contribution in [1.29, 1.82) is 0 Å². The molecule has 6 N–H and O–H groups in total. The molecule has 4 atom stereocenters. The van der Waals surface area contributed by atoms with Crippen molar-refractivity contribution in [1.82, 2.24) is 36.2 Å². The number of carbonyl (C=O) groups excluding carboxylic acids is 2. The summed E-state index contributed by atoms with van der Waals surface area (Å²) in [6.45, 7) is 0.197. The number of rotatable bonds is 13. The number of aliphatic hydroxyl groups is 1. The lowest BCUT2D eigenvalue weighted by atomic mass is 9.99. The van der Waals surface area contributed by atoms with Crippen molar-refractivity contribution in [3.8, 4) is 0 Å². The second-order valence-electron chi connectivity index (χ2n) is 8.41. The summed E-state index contributed by atoms with van der Waals surface area (Å²) in [5, 5.41) is 47.5. The van der Waals surface area contributed by atoms with Gasteiger partial charge in [0.2, 0.25) is 5.16 Å². The van der Waals surface area contributed by atoms with E-state index in [9.17, 15) is 29.4 Å². The third kappa shape index (κ3) is 6.15. The molecule has 0 spiro atoms. The number of tetrazole rings is 1. The number of aliphatic hydroxyl groups excluding tert-OH is 1. The van der Waals surface area contributed by atoms with E-state index in [1.165, 1.54) is 28.4 Å². The van der Waals surface area contributed by atoms with Gasteiger partial charge in [-0.3, -0.25) is 19.3 Å². The number of carboxylic acid groups (broad SMARTS) is 2. The molecule has 1 fully saturated rings. The molecule has 0 radical (unpaired) electrons. The Bertz CT molecular complexity index is 1210. The van der Waals surface area contributed by atoms with Gasteiger partial charge in [0.05, 0.1) is 6.54 Å². The normalized spacial score (nSPS) is 20.3. The molecule has 0 bridgehead atoms. The molecule has 2 aliphatic rings. The highest BCUT2D eigenvalue weighted by molar-refractivity contribution is 8.01. The number of carboxylic acids is 2. The van der Waals surface area contributed by atoms with E-state index >= 15 is 0 Å². The highest BCUT2D eigenvalue weighted by Gasteiger charge is 2.55. The van der Waals surface area contributed by atoms with Gasteiger partial charge in [0.1, 0.15) is 17.1 Å². The van der Waals surface area contributed by atoms with Crippen LogP contribution >= 0.6 is 23.5 Å². The summed E-state index contributed by atoms with van der Waals surface area (Å²) in [5.74, 6) is -3.33. The summed E-state index contributed by atoms with van der Waals surface area (Å²) in [5.41, 5.74) is 0.718. The first-order valence-electron chi connectivity index (χ1n) is 11.5. The molecular formula is C22H25N7O7S2. The van der Waals surface area contributed by atoms with Crippen LogP contribution in [0.4, 0.5) is 0 Å². The molecule has 1 saturated heterocycles. The molecule has 0 saturated carbocycles. The summed E-state index contributed by atoms with van der Waals surface area (Å²) in [7, 11) is 0. The minimum atomic E-state index is -1.47. The number of H-pyrrole nitrogens is 1. The molecule has 3 unspecified atom stereocenters. The number of thioether (sulfide) groups is 2. The summed E-state index contributed by atoms with van der Waals surface area (Å²) in [6, 6.07) is 7.29. The first kappa shape index (κ1) is 27.6. The van der Waals surface area contributed by atoms with Gasteiger partial charge >= 0.3 is 11.9 Å². The van der Waals surface area contributed by atoms with Gasteiger partial charge in [-0.05, 0) is 40.9 Å². The largest absolute Gasteiger partial charge is 0.480 e. The number of aromatic amines is 1. The summed E-state index contributed by atoms with van der Waals surface area (Å²) in [4.78, 5) is 49.9. The van der Waals surface area contributed by atoms with Crippen LogP contribution in [0.25, 0.3) is 0 Å². The number of amides is 2. The molecule has 4 rings (SSSR count). The Morgan fingerprint density at radius 1 is 1.24 bits per heavy atom. The summed E-state index contributed by atoms with van der Waals surface area (Å²) < 4.78 is 0. The number of nitrogens with zero attached hydrogens (tertiary/aromatic N) is 4. The maximum absolute atomic E-state index is 13.1. The zero-order valence-corrected chi connectivity index (χ0v) is 21.4. The minimum absolute atomic E-state index is 0.156. The Morgan fingerprint density at radius 2 is 2.00 bits per heavy atom. The number of hydrogen-bond acceptors (Lipinski definition) is 11. The van der Waals surface area contributed by atoms with Gasteiger partial charge in [-0.2, -0.15) is 0 Å². The van der Waals surface area contributed by atoms with Gasteiger partial charge in [-0.15, -0.1) is 16.9 Å². The first-order valence-corrected chi connectivity index (χ1v) is 13.5. The Labute approximate surface area is 224 Å². The van der Waals surface area contributed by atoms with E-state index in [1.54, 1.807) is 30.3 Å². The van der Waals surface area contributed by atoms with E-state index < -0.39 is 46.5 Å². The number of benzene rings is 1. The quantitative estimate of drug-likeness (QED) is 0.104. The lowest BCUT2D eigenvalue weighted by molar-refractivity contribution is -0.151. The number of nitrogens with one attached hydrogen (secondary N) is 3. The molecule has 0 aliphatic carbocycles. The second kappa shape index (κ2) is 12.4. The maximum atomic E-state index is 13.1. The average molecular weight is 564 g/mol. The maximum Gasteiger partial charge on any atom is 0.352 e. The fourth-order valence-electron chi connectivity index (χ4n) is 4.16. The van der Waals surface area contributed by atoms with E-state index in [0.717, 1.165) is 0 Å². The SMILES string of the molecule is O=C(O)CNCCCC(Sc1nnn[nH]1)C1=C(C(=O)O)N2C(=O)C(NC(=O)C(O)c3ccccc3)[C@@H]2SC1. The number of hydrogen-bond donors (Lipinski definition) is 6. The Morgan fingerprint density at radius 3 is 2.66 bits per heavy atom. The van der Waals surface area contributed by atoms with Crippen LogP contribution in [0.2, 0.25) is 0 Å². The topological polar surface area (TPSA) is 211 Å². The van der Waals surface area contributed by atoms with E-state index in [-0.39, 0.29) is 18.0 Å². The molecule has 3 heterocycles. The van der Waals surface area contributed by atoms with Crippen molar-refractivity contribution >= 4 is 47.3 Å². The Balaban J connectivity index is 1.49. The second-order valence-corrected chi connectivity index (χ2v) is 10.7. The van der Waals surface area contributed by atoms with Gasteiger partial charge in [0.15, 0.2) is 6.10 Å². The van der Waals surface area contributed by atoms with Crippen molar-refractivity contribution in [3.63, 3.8) is 0 Å². The summed E-state index contributed by atoms with van der Waals surface area (Å²) in [6.07, 6.45) is -0.482. The molecule has 16 heteroatoms. The monoisotopic (exact) mass is 563 g/mol. The van der Waals surface area contributed by atoms with Crippen LogP contribution in [0, 0.1) is 0 Å². The number of aromatic nitrogens is 4. The third-order valence-corrected chi connectivity index (χ3v) is 8.43. The molecule has 2 aromatic rings. The molecule has 2 amide bonds. The summed E-state index contributed by atoms with van der Waals surface area (Å²) >= 11 is 2.53. The standard InChI is InChI=1S/C22H25N7O7S2/c30-14(31)9-23-8-4-7-13(38-22-25-27-28-26-22)12-10-37-20-15(19(34)29(20)16(12)21(35)36)24-18(33)17(32)11-5-2-1-3-6-11/h1-3,5-6,13,15,17,20,23,32H,4,7-10H2,(H,24,33)(H,30,31)(H,35,36)(H,25,26,27,28)/t13?,15?,17?,20-/m0/s1. The fourth-order valence-corrected chi connectivity index (χ4v) is 6.75. The molecule has 38 heavy (non-hydrogen) atoms. The van der Waals surface area contributed by atoms with Gasteiger partial charge in [0, 0.05) is 11.0 Å². The first-order chi connectivity index (χ1) is 18.3. The predicted octanol–water partition coefficient (Wildman–Crippen LogP) is -0.413. The fraction of sp³-hybridized carbons (Fsp3) is 0.409. The van der Waals surface area contributed by atoms with E-state index in [0.29, 0.717) is 35.7 Å². The van der Waals surface area contributed by atoms with Crippen LogP contribution in [0.15, 0.2) is 46.8 Å². The zero-order chi connectivity index (χ0) is 27.2. The van der Waals surface area contributed by atoms with Crippen LogP contribution in [0.5, 0.6) is 0 Å². The van der Waals surface area contributed by atoms with Gasteiger partial charge in [-0.25, -0.2) is 9.89 Å². The predicted molar refractivity (Wildman–Crippen MR) is 135 cm³/mol. The van der Waals surface area contributed by atoms with Crippen molar-refractivity contribution < 1.29 is 34.5 Å². The van der Waals surface area contributed by atoms with Crippen molar-refractivity contribution in [3.05, 3.63) is 47.2 Å². The Hall–Kier alpha value is -3.47. The van der Waals surface area contributed by atoms with E-state index in [1.807, 2.05) is 0 Å². The number of fused-ring (bicyclic) bond motifs is 1. The van der Waals surface area contributed by atoms with E-state index in [2.05, 4.69) is 31.3 Å². The van der Waals surface area contributed by atoms with Crippen LogP contribution in [-0.4, -0.2) is 100 Å². The smallest absolute Gasteiger partial charge is 0.352 e. The van der Waals surface area contributed by atoms with E-state index in [4.69, 9.17) is 5.11 Å². The lowest BCUT2D eigenvalue weighted by Crippen LogP contribution is -2.71. The molecule has 202 valence electrons. The van der Waals surface area contributed by atoms with Gasteiger partial charge < -0.3 is 26.0 Å². The molecule has 1 aromatic carbocycles. The third-order valence-electron chi connectivity index (χ3n) is 5.93. The average Bonchev–Trinajstić information content (AvgIpc) is 3.42. The van der Waals surface area contributed by atoms with Crippen molar-refractivity contribution in [2.24, 2.45) is 0 Å². The molecular weight excluding hydrogens is 538 g/mol. The number of carbonyl (C=O) groups is 4. The highest BCUT2D eigenvalue weighted by Crippen LogP contribution is 2.44. The molecule has 14 nitrogen and oxygen atoms in total. The number of β-lactam (4-membered cyclic amide) rings is 1. The Kier molecular flexibility index (Phi) is 8.98. The minimum Gasteiger partial charge on any atom is -0.480 e. The van der Waals surface area contributed by atoms with Crippen LogP contribution in [-0.2, 0) is 19.2 Å². The molecule has 1 aromatic heterocycles. The zero-order valence-electron chi connectivity index (χ0n) is 19.8.